The van der Waals surface area contributed by atoms with Gasteiger partial charge in [0.1, 0.15) is 5.69 Å². The van der Waals surface area contributed by atoms with Crippen molar-refractivity contribution >= 4 is 33.9 Å². The number of anilines is 1. The molecule has 1 aromatic heterocycles. The van der Waals surface area contributed by atoms with E-state index in [0.717, 1.165) is 31.1 Å². The zero-order valence-electron chi connectivity index (χ0n) is 10.7. The number of ketones is 1. The monoisotopic (exact) mass is 287 g/mol. The number of hydrogen-bond acceptors (Lipinski definition) is 5. The number of aromatic nitrogens is 1. The lowest BCUT2D eigenvalue weighted by Gasteiger charge is -2.34. The molecule has 18 heavy (non-hydrogen) atoms. The summed E-state index contributed by atoms with van der Waals surface area (Å²) in [6.07, 6.45) is 2.29. The van der Waals surface area contributed by atoms with Crippen LogP contribution in [0.2, 0.25) is 0 Å². The highest BCUT2D eigenvalue weighted by atomic mass is 35.5. The molecule has 1 aliphatic heterocycles. The van der Waals surface area contributed by atoms with Gasteiger partial charge < -0.3 is 9.80 Å². The van der Waals surface area contributed by atoms with Gasteiger partial charge in [-0.1, -0.05) is 0 Å². The summed E-state index contributed by atoms with van der Waals surface area (Å²) in [4.78, 5) is 20.3. The normalized spacial score (nSPS) is 17.4. The number of halogens is 1. The van der Waals surface area contributed by atoms with Crippen LogP contribution in [0.5, 0.6) is 0 Å². The average Bonchev–Trinajstić information content (AvgIpc) is 2.87. The Morgan fingerprint density at radius 2 is 2.22 bits per heavy atom. The molecule has 100 valence electrons. The van der Waals surface area contributed by atoms with Crippen molar-refractivity contribution in [2.75, 3.05) is 38.0 Å². The molecule has 0 radical (unpaired) electrons. The SMILES string of the molecule is CN(C)C1CCN(c2nc(C(=O)CCl)cs2)CC1. The van der Waals surface area contributed by atoms with Crippen LogP contribution in [0.25, 0.3) is 0 Å². The van der Waals surface area contributed by atoms with E-state index in [0.29, 0.717) is 11.7 Å². The largest absolute Gasteiger partial charge is 0.348 e. The van der Waals surface area contributed by atoms with Crippen LogP contribution in [0.15, 0.2) is 5.38 Å². The predicted octanol–water partition coefficient (Wildman–Crippen LogP) is 2.10. The fourth-order valence-electron chi connectivity index (χ4n) is 2.18. The Labute approximate surface area is 117 Å². The number of alkyl halides is 1. The van der Waals surface area contributed by atoms with E-state index in [4.69, 9.17) is 11.6 Å². The third kappa shape index (κ3) is 3.02. The first kappa shape index (κ1) is 13.8. The summed E-state index contributed by atoms with van der Waals surface area (Å²) >= 11 is 7.06. The Bertz CT molecular complexity index is 413. The maximum atomic E-state index is 11.4. The summed E-state index contributed by atoms with van der Waals surface area (Å²) in [5, 5.41) is 2.75. The lowest BCUT2D eigenvalue weighted by Crippen LogP contribution is -2.41. The number of carbonyl (C=O) groups is 1. The molecule has 0 N–H and O–H groups in total. The molecular weight excluding hydrogens is 270 g/mol. The summed E-state index contributed by atoms with van der Waals surface area (Å²) in [6, 6.07) is 0.658. The number of piperidine rings is 1. The van der Waals surface area contributed by atoms with Crippen molar-refractivity contribution < 1.29 is 4.79 Å². The number of nitrogens with zero attached hydrogens (tertiary/aromatic N) is 3. The van der Waals surface area contributed by atoms with E-state index in [1.54, 1.807) is 5.38 Å². The van der Waals surface area contributed by atoms with Crippen molar-refractivity contribution in [3.63, 3.8) is 0 Å². The van der Waals surface area contributed by atoms with Crippen LogP contribution in [0.3, 0.4) is 0 Å². The third-order valence-corrected chi connectivity index (χ3v) is 4.51. The molecule has 1 aliphatic rings. The molecule has 2 rings (SSSR count). The second-order valence-corrected chi connectivity index (χ2v) is 5.86. The summed E-state index contributed by atoms with van der Waals surface area (Å²) in [7, 11) is 4.25. The van der Waals surface area contributed by atoms with Gasteiger partial charge in [-0.2, -0.15) is 0 Å². The predicted molar refractivity (Wildman–Crippen MR) is 76.1 cm³/mol. The Balaban J connectivity index is 1.97. The molecule has 1 fully saturated rings. The van der Waals surface area contributed by atoms with Crippen LogP contribution in [-0.4, -0.2) is 54.8 Å². The molecule has 4 nitrogen and oxygen atoms in total. The summed E-state index contributed by atoms with van der Waals surface area (Å²) in [5.41, 5.74) is 0.500. The first-order valence-electron chi connectivity index (χ1n) is 6.08. The van der Waals surface area contributed by atoms with E-state index in [9.17, 15) is 4.79 Å². The second-order valence-electron chi connectivity index (χ2n) is 4.75. The molecule has 0 bridgehead atoms. The van der Waals surface area contributed by atoms with Gasteiger partial charge in [-0.25, -0.2) is 4.98 Å². The van der Waals surface area contributed by atoms with Crippen molar-refractivity contribution in [3.8, 4) is 0 Å². The highest BCUT2D eigenvalue weighted by Gasteiger charge is 2.23. The van der Waals surface area contributed by atoms with Crippen LogP contribution in [0.1, 0.15) is 23.3 Å². The minimum atomic E-state index is -0.0951. The van der Waals surface area contributed by atoms with E-state index in [-0.39, 0.29) is 11.7 Å². The van der Waals surface area contributed by atoms with Gasteiger partial charge in [0, 0.05) is 24.5 Å². The third-order valence-electron chi connectivity index (χ3n) is 3.36. The Hall–Kier alpha value is -0.650. The van der Waals surface area contributed by atoms with Crippen LogP contribution in [0.4, 0.5) is 5.13 Å². The van der Waals surface area contributed by atoms with Gasteiger partial charge in [-0.15, -0.1) is 22.9 Å². The quantitative estimate of drug-likeness (QED) is 0.628. The fraction of sp³-hybridized carbons (Fsp3) is 0.667. The lowest BCUT2D eigenvalue weighted by molar-refractivity contribution is 0.101. The van der Waals surface area contributed by atoms with Crippen LogP contribution < -0.4 is 4.90 Å². The number of rotatable bonds is 4. The van der Waals surface area contributed by atoms with Gasteiger partial charge >= 0.3 is 0 Å². The molecule has 0 spiro atoms. The zero-order chi connectivity index (χ0) is 13.1. The maximum Gasteiger partial charge on any atom is 0.196 e. The van der Waals surface area contributed by atoms with Gasteiger partial charge in [0.15, 0.2) is 10.9 Å². The van der Waals surface area contributed by atoms with Crippen LogP contribution in [0, 0.1) is 0 Å². The van der Waals surface area contributed by atoms with E-state index in [2.05, 4.69) is 28.9 Å². The first-order valence-corrected chi connectivity index (χ1v) is 7.49. The minimum Gasteiger partial charge on any atom is -0.348 e. The molecule has 0 atom stereocenters. The molecule has 2 heterocycles. The Morgan fingerprint density at radius 3 is 2.78 bits per heavy atom. The van der Waals surface area contributed by atoms with Crippen LogP contribution >= 0.6 is 22.9 Å². The minimum absolute atomic E-state index is 0.00583. The van der Waals surface area contributed by atoms with Gasteiger partial charge in [0.05, 0.1) is 5.88 Å². The van der Waals surface area contributed by atoms with Crippen molar-refractivity contribution in [2.24, 2.45) is 0 Å². The molecule has 0 amide bonds. The molecule has 0 aliphatic carbocycles. The maximum absolute atomic E-state index is 11.4. The lowest BCUT2D eigenvalue weighted by atomic mass is 10.0. The molecular formula is C12H18ClN3OS. The summed E-state index contributed by atoms with van der Waals surface area (Å²) in [5.74, 6) is -0.0892. The molecule has 1 saturated heterocycles. The van der Waals surface area contributed by atoms with E-state index in [1.165, 1.54) is 11.3 Å². The smallest absolute Gasteiger partial charge is 0.196 e. The highest BCUT2D eigenvalue weighted by Crippen LogP contribution is 2.25. The van der Waals surface area contributed by atoms with E-state index < -0.39 is 0 Å². The zero-order valence-corrected chi connectivity index (χ0v) is 12.3. The number of hydrogen-bond donors (Lipinski definition) is 0. The standard InChI is InChI=1S/C12H18ClN3OS/c1-15(2)9-3-5-16(6-4-9)12-14-10(8-18-12)11(17)7-13/h8-9H,3-7H2,1-2H3. The molecule has 0 saturated carbocycles. The molecule has 6 heteroatoms. The number of Topliss-reactive ketones (excluding diaryl/α,β-unsaturated/α-hetero) is 1. The first-order chi connectivity index (χ1) is 8.61. The van der Waals surface area contributed by atoms with E-state index in [1.807, 2.05) is 0 Å². The van der Waals surface area contributed by atoms with Gasteiger partial charge in [0.2, 0.25) is 0 Å². The van der Waals surface area contributed by atoms with Gasteiger partial charge in [0.25, 0.3) is 0 Å². The second kappa shape index (κ2) is 5.99. The van der Waals surface area contributed by atoms with E-state index >= 15 is 0 Å². The number of thiazole rings is 1. The van der Waals surface area contributed by atoms with Gasteiger partial charge in [-0.3, -0.25) is 4.79 Å². The molecule has 0 unspecified atom stereocenters. The van der Waals surface area contributed by atoms with Crippen LogP contribution in [-0.2, 0) is 0 Å². The fourth-order valence-corrected chi connectivity index (χ4v) is 3.20. The van der Waals surface area contributed by atoms with Crippen molar-refractivity contribution in [1.29, 1.82) is 0 Å². The van der Waals surface area contributed by atoms with Crippen molar-refractivity contribution in [1.82, 2.24) is 9.88 Å². The number of carbonyl (C=O) groups excluding carboxylic acids is 1. The van der Waals surface area contributed by atoms with Gasteiger partial charge in [-0.05, 0) is 26.9 Å². The molecule has 0 aromatic carbocycles. The summed E-state index contributed by atoms with van der Waals surface area (Å²) < 4.78 is 0. The van der Waals surface area contributed by atoms with Crippen molar-refractivity contribution in [3.05, 3.63) is 11.1 Å². The van der Waals surface area contributed by atoms with Crippen molar-refractivity contribution in [2.45, 2.75) is 18.9 Å². The highest BCUT2D eigenvalue weighted by molar-refractivity contribution is 7.14. The topological polar surface area (TPSA) is 36.4 Å². The average molecular weight is 288 g/mol. The Morgan fingerprint density at radius 1 is 1.56 bits per heavy atom. The summed E-state index contributed by atoms with van der Waals surface area (Å²) in [6.45, 7) is 2.01. The molecule has 1 aromatic rings. The Kier molecular flexibility index (Phi) is 4.59.